The van der Waals surface area contributed by atoms with Gasteiger partial charge in [0.2, 0.25) is 0 Å². The number of nitrogen functional groups attached to an aromatic ring is 1. The number of rotatable bonds is 0. The highest BCUT2D eigenvalue weighted by Crippen LogP contribution is 2.29. The maximum Gasteiger partial charge on any atom is 0.433 e. The van der Waals surface area contributed by atoms with Gasteiger partial charge in [0.25, 0.3) is 0 Å². The zero-order chi connectivity index (χ0) is 11.1. The van der Waals surface area contributed by atoms with Crippen molar-refractivity contribution in [3.63, 3.8) is 0 Å². The molecule has 62 valence electrons. The van der Waals surface area contributed by atoms with Crippen molar-refractivity contribution in [2.45, 2.75) is 6.18 Å². The molecule has 6 heteroatoms. The minimum absolute atomic E-state index is 0.109. The van der Waals surface area contributed by atoms with Gasteiger partial charge in [-0.2, -0.15) is 18.3 Å². The van der Waals surface area contributed by atoms with E-state index < -0.39 is 24.7 Å². The van der Waals surface area contributed by atoms with Crippen LogP contribution in [0.25, 0.3) is 0 Å². The van der Waals surface area contributed by atoms with Gasteiger partial charge < -0.3 is 5.73 Å². The van der Waals surface area contributed by atoms with Crippen molar-refractivity contribution >= 4 is 5.82 Å². The van der Waals surface area contributed by atoms with E-state index >= 15 is 0 Å². The lowest BCUT2D eigenvalue weighted by molar-refractivity contribution is -0.143. The van der Waals surface area contributed by atoms with E-state index in [2.05, 4.69) is 5.10 Å². The van der Waals surface area contributed by atoms with Crippen LogP contribution in [0, 0.1) is 0 Å². The molecule has 0 aliphatic heterocycles. The first-order valence-electron chi connectivity index (χ1n) is 4.05. The van der Waals surface area contributed by atoms with Crippen LogP contribution in [0.15, 0.2) is 6.07 Å². The van der Waals surface area contributed by atoms with Crippen molar-refractivity contribution in [1.29, 1.82) is 0 Å². The Kier molecular flexibility index (Phi) is 0.903. The Morgan fingerprint density at radius 3 is 2.73 bits per heavy atom. The molecule has 1 aromatic rings. The van der Waals surface area contributed by atoms with Crippen LogP contribution in [-0.2, 0) is 13.2 Å². The normalized spacial score (nSPS) is 17.2. The molecular weight excluding hydrogens is 159 g/mol. The van der Waals surface area contributed by atoms with Crippen LogP contribution in [-0.4, -0.2) is 9.78 Å². The van der Waals surface area contributed by atoms with E-state index in [0.29, 0.717) is 6.07 Å². The molecule has 0 radical (unpaired) electrons. The maximum absolute atomic E-state index is 12.2. The number of hydrogen-bond donors (Lipinski definition) is 1. The Morgan fingerprint density at radius 2 is 2.36 bits per heavy atom. The lowest BCUT2D eigenvalue weighted by atomic mass is 10.4. The molecule has 0 aliphatic rings. The summed E-state index contributed by atoms with van der Waals surface area (Å²) in [5, 5.41) is 3.06. The molecule has 0 bridgehead atoms. The van der Waals surface area contributed by atoms with Crippen LogP contribution in [0.4, 0.5) is 19.0 Å². The molecule has 0 aromatic carbocycles. The quantitative estimate of drug-likeness (QED) is 0.628. The lowest BCUT2D eigenvalue weighted by Crippen LogP contribution is -2.11. The Bertz CT molecular complexity index is 309. The molecule has 1 heterocycles. The fourth-order valence-electron chi connectivity index (χ4n) is 0.601. The van der Waals surface area contributed by atoms with E-state index in [9.17, 15) is 13.2 Å². The van der Waals surface area contributed by atoms with E-state index in [-0.39, 0.29) is 4.68 Å². The number of nitrogens with zero attached hydrogens (tertiary/aromatic N) is 2. The predicted octanol–water partition coefficient (Wildman–Crippen LogP) is 1.02. The van der Waals surface area contributed by atoms with Gasteiger partial charge in [0.05, 0.1) is 0 Å². The zero-order valence-electron chi connectivity index (χ0n) is 8.18. The summed E-state index contributed by atoms with van der Waals surface area (Å²) < 4.78 is 56.9. The predicted molar refractivity (Wildman–Crippen MR) is 32.6 cm³/mol. The summed E-state index contributed by atoms with van der Waals surface area (Å²) in [6.07, 6.45) is -4.78. The van der Waals surface area contributed by atoms with Crippen molar-refractivity contribution < 1.29 is 17.3 Å². The largest absolute Gasteiger partial charge is 0.433 e. The molecule has 0 atom stereocenters. The third-order valence-electron chi connectivity index (χ3n) is 1.02. The summed E-state index contributed by atoms with van der Waals surface area (Å²) in [5.41, 5.74) is 3.61. The first-order valence-corrected chi connectivity index (χ1v) is 2.55. The molecule has 0 saturated heterocycles. The summed E-state index contributed by atoms with van der Waals surface area (Å²) >= 11 is 0. The highest BCUT2D eigenvalue weighted by molar-refractivity contribution is 5.30. The third-order valence-corrected chi connectivity index (χ3v) is 1.02. The topological polar surface area (TPSA) is 43.8 Å². The second-order valence-electron chi connectivity index (χ2n) is 1.86. The number of hydrogen-bond acceptors (Lipinski definition) is 2. The molecule has 2 N–H and O–H groups in total. The average Bonchev–Trinajstić information content (AvgIpc) is 2.27. The number of halogens is 3. The van der Waals surface area contributed by atoms with Gasteiger partial charge in [0.15, 0.2) is 0 Å². The van der Waals surface area contributed by atoms with E-state index in [1.807, 2.05) is 0 Å². The smallest absolute Gasteiger partial charge is 0.382 e. The number of aryl methyl sites for hydroxylation is 1. The fourth-order valence-corrected chi connectivity index (χ4v) is 0.601. The molecule has 0 fully saturated rings. The van der Waals surface area contributed by atoms with Crippen molar-refractivity contribution in [3.05, 3.63) is 11.8 Å². The first kappa shape index (κ1) is 4.63. The average molecular weight is 168 g/mol. The Hall–Kier alpha value is -1.20. The van der Waals surface area contributed by atoms with Gasteiger partial charge in [-0.05, 0) is 0 Å². The first-order chi connectivity index (χ1) is 6.12. The standard InChI is InChI=1S/C5H6F3N3/c1-11-3(5(6,7)8)2-4(9)10-11/h2H,1H3,(H2,9,10)/i1D3. The van der Waals surface area contributed by atoms with Crippen LogP contribution >= 0.6 is 0 Å². The Balaban J connectivity index is 3.31. The molecule has 0 unspecified atom stereocenters. The van der Waals surface area contributed by atoms with Crippen LogP contribution in [0.1, 0.15) is 9.81 Å². The number of alkyl halides is 3. The molecule has 1 rings (SSSR count). The van der Waals surface area contributed by atoms with Crippen LogP contribution in [0.5, 0.6) is 0 Å². The van der Waals surface area contributed by atoms with Crippen molar-refractivity contribution in [3.8, 4) is 0 Å². The summed E-state index contributed by atoms with van der Waals surface area (Å²) in [7, 11) is 0. The molecule has 0 saturated carbocycles. The number of anilines is 1. The summed E-state index contributed by atoms with van der Waals surface area (Å²) in [6.45, 7) is -2.98. The molecule has 0 spiro atoms. The lowest BCUT2D eigenvalue weighted by Gasteiger charge is -2.04. The van der Waals surface area contributed by atoms with Crippen molar-refractivity contribution in [1.82, 2.24) is 9.78 Å². The van der Waals surface area contributed by atoms with Gasteiger partial charge in [0.1, 0.15) is 11.5 Å². The summed E-state index contributed by atoms with van der Waals surface area (Å²) in [5.74, 6) is -0.478. The highest BCUT2D eigenvalue weighted by atomic mass is 19.4. The number of nitrogens with two attached hydrogens (primary N) is 1. The fraction of sp³-hybridized carbons (Fsp3) is 0.400. The molecule has 3 nitrogen and oxygen atoms in total. The van der Waals surface area contributed by atoms with Gasteiger partial charge in [-0.1, -0.05) is 0 Å². The van der Waals surface area contributed by atoms with Gasteiger partial charge in [-0.3, -0.25) is 4.68 Å². The van der Waals surface area contributed by atoms with Gasteiger partial charge in [-0.25, -0.2) is 0 Å². The second kappa shape index (κ2) is 2.14. The van der Waals surface area contributed by atoms with Gasteiger partial charge >= 0.3 is 6.18 Å². The minimum atomic E-state index is -4.78. The summed E-state index contributed by atoms with van der Waals surface area (Å²) in [4.78, 5) is 0. The van der Waals surface area contributed by atoms with E-state index in [0.717, 1.165) is 0 Å². The molecule has 1 aromatic heterocycles. The Morgan fingerprint density at radius 1 is 1.73 bits per heavy atom. The van der Waals surface area contributed by atoms with Crippen LogP contribution < -0.4 is 5.73 Å². The third kappa shape index (κ3) is 1.44. The monoisotopic (exact) mass is 168 g/mol. The van der Waals surface area contributed by atoms with Crippen LogP contribution in [0.2, 0.25) is 0 Å². The SMILES string of the molecule is [2H]C([2H])([2H])n1nc(N)cc1C(F)(F)F. The Labute approximate surface area is 64.8 Å². The minimum Gasteiger partial charge on any atom is -0.382 e. The molecule has 0 aliphatic carbocycles. The molecule has 0 amide bonds. The molecule has 11 heavy (non-hydrogen) atoms. The number of aromatic nitrogens is 2. The van der Waals surface area contributed by atoms with Gasteiger partial charge in [-0.15, -0.1) is 0 Å². The molecular formula is C5H6F3N3. The highest BCUT2D eigenvalue weighted by Gasteiger charge is 2.34. The van der Waals surface area contributed by atoms with Crippen molar-refractivity contribution in [2.75, 3.05) is 5.73 Å². The second-order valence-corrected chi connectivity index (χ2v) is 1.86. The zero-order valence-corrected chi connectivity index (χ0v) is 5.18. The maximum atomic E-state index is 12.2. The van der Waals surface area contributed by atoms with E-state index in [1.165, 1.54) is 0 Å². The van der Waals surface area contributed by atoms with Gasteiger partial charge in [0, 0.05) is 17.2 Å². The van der Waals surface area contributed by atoms with E-state index in [1.54, 1.807) is 0 Å². The van der Waals surface area contributed by atoms with Crippen LogP contribution in [0.3, 0.4) is 0 Å². The van der Waals surface area contributed by atoms with E-state index in [4.69, 9.17) is 9.85 Å². The van der Waals surface area contributed by atoms with Crippen molar-refractivity contribution in [2.24, 2.45) is 6.98 Å². The summed E-state index contributed by atoms with van der Waals surface area (Å²) in [6, 6.07) is 0.479.